The van der Waals surface area contributed by atoms with Crippen LogP contribution in [-0.2, 0) is 0 Å². The first-order chi connectivity index (χ1) is 6.31. The molecule has 2 aliphatic rings. The summed E-state index contributed by atoms with van der Waals surface area (Å²) in [7, 11) is 2.09. The molecule has 0 aromatic rings. The van der Waals surface area contributed by atoms with Gasteiger partial charge in [-0.1, -0.05) is 6.92 Å². The van der Waals surface area contributed by atoms with E-state index in [0.717, 1.165) is 18.0 Å². The standard InChI is InChI=1S/C11H22N2/c1-9-3-4-11(9)13-7-5-10(12-2)6-8-13/h9-12H,3-8H2,1-2H3. The van der Waals surface area contributed by atoms with Crippen LogP contribution in [-0.4, -0.2) is 37.1 Å². The van der Waals surface area contributed by atoms with Gasteiger partial charge >= 0.3 is 0 Å². The molecule has 0 aromatic carbocycles. The normalized spacial score (nSPS) is 37.4. The minimum absolute atomic E-state index is 0.784. The van der Waals surface area contributed by atoms with Crippen LogP contribution in [0.2, 0.25) is 0 Å². The highest BCUT2D eigenvalue weighted by Crippen LogP contribution is 2.32. The summed E-state index contributed by atoms with van der Waals surface area (Å²) in [5, 5.41) is 3.38. The molecule has 1 aliphatic carbocycles. The largest absolute Gasteiger partial charge is 0.317 e. The van der Waals surface area contributed by atoms with Crippen molar-refractivity contribution in [3.63, 3.8) is 0 Å². The van der Waals surface area contributed by atoms with Crippen molar-refractivity contribution in [2.75, 3.05) is 20.1 Å². The van der Waals surface area contributed by atoms with Crippen LogP contribution in [0.3, 0.4) is 0 Å². The molecule has 2 unspecified atom stereocenters. The second-order valence-electron chi connectivity index (χ2n) is 4.72. The molecule has 1 aliphatic heterocycles. The van der Waals surface area contributed by atoms with E-state index in [0.29, 0.717) is 0 Å². The highest BCUT2D eigenvalue weighted by molar-refractivity contribution is 4.89. The Morgan fingerprint density at radius 1 is 1.08 bits per heavy atom. The Morgan fingerprint density at radius 2 is 1.77 bits per heavy atom. The van der Waals surface area contributed by atoms with E-state index in [1.54, 1.807) is 0 Å². The molecule has 13 heavy (non-hydrogen) atoms. The van der Waals surface area contributed by atoms with Crippen molar-refractivity contribution in [3.8, 4) is 0 Å². The van der Waals surface area contributed by atoms with Crippen LogP contribution in [0.5, 0.6) is 0 Å². The Kier molecular flexibility index (Phi) is 2.89. The summed E-state index contributed by atoms with van der Waals surface area (Å²) in [6.45, 7) is 5.04. The molecule has 0 amide bonds. The zero-order chi connectivity index (χ0) is 9.26. The second kappa shape index (κ2) is 3.97. The maximum atomic E-state index is 3.38. The fourth-order valence-electron chi connectivity index (χ4n) is 2.71. The fraction of sp³-hybridized carbons (Fsp3) is 1.00. The van der Waals surface area contributed by atoms with E-state index >= 15 is 0 Å². The Labute approximate surface area is 81.7 Å². The molecular weight excluding hydrogens is 160 g/mol. The van der Waals surface area contributed by atoms with Gasteiger partial charge < -0.3 is 10.2 Å². The molecule has 2 atom stereocenters. The van der Waals surface area contributed by atoms with Gasteiger partial charge in [-0.25, -0.2) is 0 Å². The van der Waals surface area contributed by atoms with E-state index in [-0.39, 0.29) is 0 Å². The van der Waals surface area contributed by atoms with Gasteiger partial charge in [0.15, 0.2) is 0 Å². The van der Waals surface area contributed by atoms with Gasteiger partial charge in [0, 0.05) is 12.1 Å². The molecule has 2 fully saturated rings. The number of hydrogen-bond donors (Lipinski definition) is 1. The van der Waals surface area contributed by atoms with Crippen LogP contribution in [0, 0.1) is 5.92 Å². The first kappa shape index (κ1) is 9.47. The number of nitrogens with one attached hydrogen (secondary N) is 1. The maximum absolute atomic E-state index is 3.38. The van der Waals surface area contributed by atoms with Crippen molar-refractivity contribution in [2.24, 2.45) is 5.92 Å². The van der Waals surface area contributed by atoms with Crippen LogP contribution in [0.15, 0.2) is 0 Å². The summed E-state index contributed by atoms with van der Waals surface area (Å²) >= 11 is 0. The molecule has 1 N–H and O–H groups in total. The van der Waals surface area contributed by atoms with Crippen LogP contribution in [0.4, 0.5) is 0 Å². The lowest BCUT2D eigenvalue weighted by molar-refractivity contribution is 0.0488. The van der Waals surface area contributed by atoms with Crippen molar-refractivity contribution < 1.29 is 0 Å². The van der Waals surface area contributed by atoms with E-state index in [1.165, 1.54) is 38.8 Å². The third-order valence-electron chi connectivity index (χ3n) is 3.98. The van der Waals surface area contributed by atoms with Gasteiger partial charge in [0.05, 0.1) is 0 Å². The molecule has 1 saturated heterocycles. The zero-order valence-corrected chi connectivity index (χ0v) is 8.92. The SMILES string of the molecule is CNC1CCN(C2CCC2C)CC1. The molecule has 2 nitrogen and oxygen atoms in total. The topological polar surface area (TPSA) is 15.3 Å². The van der Waals surface area contributed by atoms with E-state index in [1.807, 2.05) is 0 Å². The van der Waals surface area contributed by atoms with Gasteiger partial charge in [-0.2, -0.15) is 0 Å². The monoisotopic (exact) mass is 182 g/mol. The van der Waals surface area contributed by atoms with Gasteiger partial charge in [-0.15, -0.1) is 0 Å². The molecule has 76 valence electrons. The minimum Gasteiger partial charge on any atom is -0.317 e. The van der Waals surface area contributed by atoms with Crippen molar-refractivity contribution in [2.45, 2.75) is 44.7 Å². The molecule has 1 saturated carbocycles. The second-order valence-corrected chi connectivity index (χ2v) is 4.72. The van der Waals surface area contributed by atoms with Gasteiger partial charge in [0.1, 0.15) is 0 Å². The van der Waals surface area contributed by atoms with Crippen molar-refractivity contribution in [1.29, 1.82) is 0 Å². The Hall–Kier alpha value is -0.0800. The molecule has 2 heteroatoms. The third-order valence-corrected chi connectivity index (χ3v) is 3.98. The molecule has 0 spiro atoms. The molecule has 2 rings (SSSR count). The van der Waals surface area contributed by atoms with Crippen molar-refractivity contribution in [3.05, 3.63) is 0 Å². The Balaban J connectivity index is 1.77. The lowest BCUT2D eigenvalue weighted by Gasteiger charge is -2.45. The summed E-state index contributed by atoms with van der Waals surface area (Å²) in [6.07, 6.45) is 5.60. The predicted octanol–water partition coefficient (Wildman–Crippen LogP) is 1.47. The van der Waals surface area contributed by atoms with E-state index in [2.05, 4.69) is 24.2 Å². The predicted molar refractivity (Wildman–Crippen MR) is 55.8 cm³/mol. The van der Waals surface area contributed by atoms with Crippen molar-refractivity contribution in [1.82, 2.24) is 10.2 Å². The first-order valence-corrected chi connectivity index (χ1v) is 5.72. The molecule has 0 aromatic heterocycles. The molecule has 0 bridgehead atoms. The average Bonchev–Trinajstić information content (AvgIpc) is 2.17. The van der Waals surface area contributed by atoms with Crippen LogP contribution in [0.25, 0.3) is 0 Å². The summed E-state index contributed by atoms with van der Waals surface area (Å²) < 4.78 is 0. The first-order valence-electron chi connectivity index (χ1n) is 5.72. The Morgan fingerprint density at radius 3 is 2.15 bits per heavy atom. The fourth-order valence-corrected chi connectivity index (χ4v) is 2.71. The van der Waals surface area contributed by atoms with Gasteiger partial charge in [0.25, 0.3) is 0 Å². The summed E-state index contributed by atoms with van der Waals surface area (Å²) in [5.74, 6) is 0.964. The minimum atomic E-state index is 0.784. The number of nitrogens with zero attached hydrogens (tertiary/aromatic N) is 1. The third kappa shape index (κ3) is 1.89. The smallest absolute Gasteiger partial charge is 0.0121 e. The van der Waals surface area contributed by atoms with E-state index in [4.69, 9.17) is 0 Å². The van der Waals surface area contributed by atoms with Crippen LogP contribution in [0.1, 0.15) is 32.6 Å². The van der Waals surface area contributed by atoms with Gasteiger partial charge in [-0.05, 0) is 51.7 Å². The number of hydrogen-bond acceptors (Lipinski definition) is 2. The summed E-state index contributed by atoms with van der Waals surface area (Å²) in [5.41, 5.74) is 0. The highest BCUT2D eigenvalue weighted by Gasteiger charge is 2.33. The average molecular weight is 182 g/mol. The van der Waals surface area contributed by atoms with E-state index < -0.39 is 0 Å². The summed E-state index contributed by atoms with van der Waals surface area (Å²) in [4.78, 5) is 2.71. The maximum Gasteiger partial charge on any atom is 0.0121 e. The van der Waals surface area contributed by atoms with Gasteiger partial charge in [0.2, 0.25) is 0 Å². The van der Waals surface area contributed by atoms with Gasteiger partial charge in [-0.3, -0.25) is 0 Å². The lowest BCUT2D eigenvalue weighted by atomic mass is 9.79. The Bertz CT molecular complexity index is 161. The lowest BCUT2D eigenvalue weighted by Crippen LogP contribution is -2.51. The molecule has 0 radical (unpaired) electrons. The quantitative estimate of drug-likeness (QED) is 0.695. The van der Waals surface area contributed by atoms with Crippen LogP contribution < -0.4 is 5.32 Å². The molecular formula is C11H22N2. The highest BCUT2D eigenvalue weighted by atomic mass is 15.2. The van der Waals surface area contributed by atoms with E-state index in [9.17, 15) is 0 Å². The number of piperidine rings is 1. The number of likely N-dealkylation sites (tertiary alicyclic amines) is 1. The van der Waals surface area contributed by atoms with Crippen LogP contribution >= 0.6 is 0 Å². The zero-order valence-electron chi connectivity index (χ0n) is 8.92. The summed E-state index contributed by atoms with van der Waals surface area (Å²) in [6, 6.07) is 1.71. The molecule has 1 heterocycles. The number of rotatable bonds is 2. The van der Waals surface area contributed by atoms with Crippen molar-refractivity contribution >= 4 is 0 Å².